The third kappa shape index (κ3) is 2.50. The van der Waals surface area contributed by atoms with Gasteiger partial charge in [0.1, 0.15) is 11.6 Å². The van der Waals surface area contributed by atoms with Crippen molar-refractivity contribution in [1.82, 2.24) is 0 Å². The summed E-state index contributed by atoms with van der Waals surface area (Å²) >= 11 is 0. The molecular formula is C12H16F2N2. The molecule has 0 bridgehead atoms. The Kier molecular flexibility index (Phi) is 3.39. The molecule has 1 aromatic rings. The van der Waals surface area contributed by atoms with Crippen LogP contribution >= 0.6 is 0 Å². The Balaban J connectivity index is 2.08. The Morgan fingerprint density at radius 2 is 1.88 bits per heavy atom. The summed E-state index contributed by atoms with van der Waals surface area (Å²) in [6.45, 7) is 0.621. The van der Waals surface area contributed by atoms with Crippen molar-refractivity contribution >= 4 is 5.69 Å². The molecule has 0 spiro atoms. The van der Waals surface area contributed by atoms with Crippen LogP contribution in [0.25, 0.3) is 0 Å². The second-order valence-electron chi connectivity index (χ2n) is 4.34. The Labute approximate surface area is 93.8 Å². The zero-order valence-corrected chi connectivity index (χ0v) is 9.05. The lowest BCUT2D eigenvalue weighted by molar-refractivity contribution is 0.515. The fourth-order valence-electron chi connectivity index (χ4n) is 2.36. The average molecular weight is 226 g/mol. The molecule has 1 aliphatic rings. The van der Waals surface area contributed by atoms with Gasteiger partial charge in [0.25, 0.3) is 0 Å². The maximum Gasteiger partial charge on any atom is 0.128 e. The van der Waals surface area contributed by atoms with Crippen molar-refractivity contribution in [3.8, 4) is 0 Å². The van der Waals surface area contributed by atoms with Crippen molar-refractivity contribution in [1.29, 1.82) is 0 Å². The highest BCUT2D eigenvalue weighted by Gasteiger charge is 2.25. The van der Waals surface area contributed by atoms with Crippen molar-refractivity contribution in [2.24, 2.45) is 11.7 Å². The first-order chi connectivity index (χ1) is 7.69. The molecule has 2 nitrogen and oxygen atoms in total. The molecule has 0 heterocycles. The number of halogens is 2. The summed E-state index contributed by atoms with van der Waals surface area (Å²) in [4.78, 5) is 0. The third-order valence-corrected chi connectivity index (χ3v) is 3.18. The zero-order chi connectivity index (χ0) is 11.5. The minimum Gasteiger partial charge on any atom is -0.382 e. The Hall–Kier alpha value is -1.16. The lowest BCUT2D eigenvalue weighted by Crippen LogP contribution is -2.29. The van der Waals surface area contributed by atoms with E-state index in [1.165, 1.54) is 12.1 Å². The molecule has 1 fully saturated rings. The summed E-state index contributed by atoms with van der Waals surface area (Å²) in [7, 11) is 0. The predicted molar refractivity (Wildman–Crippen MR) is 60.2 cm³/mol. The lowest BCUT2D eigenvalue weighted by Gasteiger charge is -2.20. The number of rotatable bonds is 3. The molecule has 1 saturated carbocycles. The van der Waals surface area contributed by atoms with Gasteiger partial charge in [-0.1, -0.05) is 6.42 Å². The Bertz CT molecular complexity index is 348. The number of nitrogens with one attached hydrogen (secondary N) is 1. The summed E-state index contributed by atoms with van der Waals surface area (Å²) in [5.41, 5.74) is 6.15. The van der Waals surface area contributed by atoms with Crippen LogP contribution < -0.4 is 11.1 Å². The maximum absolute atomic E-state index is 13.0. The van der Waals surface area contributed by atoms with Crippen LogP contribution in [0.2, 0.25) is 0 Å². The summed E-state index contributed by atoms with van der Waals surface area (Å²) in [5.74, 6) is -0.694. The number of benzene rings is 1. The van der Waals surface area contributed by atoms with Crippen LogP contribution in [0.4, 0.5) is 14.5 Å². The third-order valence-electron chi connectivity index (χ3n) is 3.18. The molecule has 1 aromatic carbocycles. The fourth-order valence-corrected chi connectivity index (χ4v) is 2.36. The van der Waals surface area contributed by atoms with Gasteiger partial charge in [0.2, 0.25) is 0 Å². The standard InChI is InChI=1S/C12H16F2N2/c13-9-4-10(14)6-11(5-9)16-12-3-1-2-8(12)7-15/h4-6,8,12,16H,1-3,7,15H2. The van der Waals surface area contributed by atoms with E-state index in [1.54, 1.807) is 0 Å². The number of hydrogen-bond acceptors (Lipinski definition) is 2. The predicted octanol–water partition coefficient (Wildman–Crippen LogP) is 2.50. The van der Waals surface area contributed by atoms with Crippen LogP contribution in [-0.2, 0) is 0 Å². The monoisotopic (exact) mass is 226 g/mol. The van der Waals surface area contributed by atoms with E-state index < -0.39 is 11.6 Å². The first-order valence-corrected chi connectivity index (χ1v) is 5.62. The zero-order valence-electron chi connectivity index (χ0n) is 9.05. The van der Waals surface area contributed by atoms with Gasteiger partial charge in [0, 0.05) is 17.8 Å². The van der Waals surface area contributed by atoms with Gasteiger partial charge in [-0.3, -0.25) is 0 Å². The topological polar surface area (TPSA) is 38.0 Å². The number of hydrogen-bond donors (Lipinski definition) is 2. The van der Waals surface area contributed by atoms with E-state index in [9.17, 15) is 8.78 Å². The summed E-state index contributed by atoms with van der Waals surface area (Å²) in [5, 5.41) is 3.16. The highest BCUT2D eigenvalue weighted by atomic mass is 19.1. The van der Waals surface area contributed by atoms with Crippen LogP contribution in [0.5, 0.6) is 0 Å². The first kappa shape index (κ1) is 11.3. The highest BCUT2D eigenvalue weighted by molar-refractivity contribution is 5.45. The van der Waals surface area contributed by atoms with E-state index in [0.29, 0.717) is 18.2 Å². The summed E-state index contributed by atoms with van der Waals surface area (Å²) < 4.78 is 26.0. The molecule has 0 saturated heterocycles. The molecule has 0 aliphatic heterocycles. The first-order valence-electron chi connectivity index (χ1n) is 5.62. The van der Waals surface area contributed by atoms with Crippen molar-refractivity contribution < 1.29 is 8.78 Å². The minimum atomic E-state index is -0.551. The van der Waals surface area contributed by atoms with Crippen LogP contribution in [0.15, 0.2) is 18.2 Å². The molecule has 2 atom stereocenters. The van der Waals surface area contributed by atoms with Crippen molar-refractivity contribution in [3.05, 3.63) is 29.8 Å². The normalized spacial score (nSPS) is 24.7. The lowest BCUT2D eigenvalue weighted by atomic mass is 10.0. The molecule has 88 valence electrons. The Morgan fingerprint density at radius 3 is 2.50 bits per heavy atom. The summed E-state index contributed by atoms with van der Waals surface area (Å²) in [6.07, 6.45) is 3.23. The highest BCUT2D eigenvalue weighted by Crippen LogP contribution is 2.28. The Morgan fingerprint density at radius 1 is 1.19 bits per heavy atom. The quantitative estimate of drug-likeness (QED) is 0.831. The van der Waals surface area contributed by atoms with Gasteiger partial charge in [-0.25, -0.2) is 8.78 Å². The van der Waals surface area contributed by atoms with Gasteiger partial charge in [-0.05, 0) is 37.4 Å². The SMILES string of the molecule is NCC1CCCC1Nc1cc(F)cc(F)c1. The molecular weight excluding hydrogens is 210 g/mol. The molecule has 4 heteroatoms. The van der Waals surface area contributed by atoms with Crippen molar-refractivity contribution in [2.75, 3.05) is 11.9 Å². The molecule has 2 unspecified atom stereocenters. The van der Waals surface area contributed by atoms with E-state index in [2.05, 4.69) is 5.32 Å². The molecule has 1 aliphatic carbocycles. The van der Waals surface area contributed by atoms with Crippen molar-refractivity contribution in [2.45, 2.75) is 25.3 Å². The fraction of sp³-hybridized carbons (Fsp3) is 0.500. The smallest absolute Gasteiger partial charge is 0.128 e. The molecule has 16 heavy (non-hydrogen) atoms. The molecule has 0 amide bonds. The van der Waals surface area contributed by atoms with Gasteiger partial charge < -0.3 is 11.1 Å². The van der Waals surface area contributed by atoms with Gasteiger partial charge in [-0.15, -0.1) is 0 Å². The van der Waals surface area contributed by atoms with E-state index in [4.69, 9.17) is 5.73 Å². The largest absolute Gasteiger partial charge is 0.382 e. The second kappa shape index (κ2) is 4.78. The number of anilines is 1. The molecule has 2 rings (SSSR count). The van der Waals surface area contributed by atoms with E-state index >= 15 is 0 Å². The van der Waals surface area contributed by atoms with Crippen molar-refractivity contribution in [3.63, 3.8) is 0 Å². The van der Waals surface area contributed by atoms with Crippen LogP contribution in [-0.4, -0.2) is 12.6 Å². The average Bonchev–Trinajstić information content (AvgIpc) is 2.63. The molecule has 0 aromatic heterocycles. The van der Waals surface area contributed by atoms with Crippen LogP contribution in [0.3, 0.4) is 0 Å². The number of nitrogens with two attached hydrogens (primary N) is 1. The van der Waals surface area contributed by atoms with E-state index in [1.807, 2.05) is 0 Å². The molecule has 0 radical (unpaired) electrons. The van der Waals surface area contributed by atoms with Gasteiger partial charge in [0.15, 0.2) is 0 Å². The van der Waals surface area contributed by atoms with Gasteiger partial charge in [0.05, 0.1) is 0 Å². The van der Waals surface area contributed by atoms with Gasteiger partial charge in [-0.2, -0.15) is 0 Å². The van der Waals surface area contributed by atoms with Crippen LogP contribution in [0.1, 0.15) is 19.3 Å². The minimum absolute atomic E-state index is 0.242. The summed E-state index contributed by atoms with van der Waals surface area (Å²) in [6, 6.07) is 3.75. The maximum atomic E-state index is 13.0. The van der Waals surface area contributed by atoms with Crippen LogP contribution in [0, 0.1) is 17.6 Å². The molecule has 3 N–H and O–H groups in total. The van der Waals surface area contributed by atoms with E-state index in [0.717, 1.165) is 25.3 Å². The second-order valence-corrected chi connectivity index (χ2v) is 4.34. The van der Waals surface area contributed by atoms with Gasteiger partial charge >= 0.3 is 0 Å². The van der Waals surface area contributed by atoms with E-state index in [-0.39, 0.29) is 6.04 Å².